The topological polar surface area (TPSA) is 87.7 Å². The Labute approximate surface area is 202 Å². The summed E-state index contributed by atoms with van der Waals surface area (Å²) in [5.74, 6) is 0.720. The first kappa shape index (κ1) is 24.3. The molecule has 182 valence electrons. The highest BCUT2D eigenvalue weighted by molar-refractivity contribution is 5.90. The summed E-state index contributed by atoms with van der Waals surface area (Å²) in [5, 5.41) is 16.1. The van der Waals surface area contributed by atoms with Crippen molar-refractivity contribution in [1.82, 2.24) is 10.6 Å². The molecule has 2 saturated carbocycles. The van der Waals surface area contributed by atoms with Crippen molar-refractivity contribution in [2.24, 2.45) is 17.3 Å². The van der Waals surface area contributed by atoms with E-state index in [9.17, 15) is 9.59 Å². The Kier molecular flexibility index (Phi) is 6.99. The highest BCUT2D eigenvalue weighted by Gasteiger charge is 2.70. The van der Waals surface area contributed by atoms with Gasteiger partial charge in [0.15, 0.2) is 0 Å². The SMILES string of the molecule is C[C@H](NC(=O)C1(NCCOc2ccccc2)C2CCCCC2C1(C)C)c1ccc(C(=O)O)cc1. The number of fused-ring (bicyclic) bond motifs is 1. The van der Waals surface area contributed by atoms with Crippen molar-refractivity contribution in [3.8, 4) is 5.75 Å². The van der Waals surface area contributed by atoms with E-state index in [4.69, 9.17) is 9.84 Å². The molecule has 2 fully saturated rings. The Morgan fingerprint density at radius 2 is 1.68 bits per heavy atom. The number of aromatic carboxylic acids is 1. The highest BCUT2D eigenvalue weighted by Crippen LogP contribution is 2.63. The normalized spacial score (nSPS) is 26.0. The lowest BCUT2D eigenvalue weighted by Gasteiger charge is -2.68. The van der Waals surface area contributed by atoms with E-state index in [1.165, 1.54) is 12.8 Å². The molecule has 3 N–H and O–H groups in total. The van der Waals surface area contributed by atoms with Crippen molar-refractivity contribution in [1.29, 1.82) is 0 Å². The first-order valence-electron chi connectivity index (χ1n) is 12.3. The van der Waals surface area contributed by atoms with Crippen molar-refractivity contribution >= 4 is 11.9 Å². The first-order chi connectivity index (χ1) is 16.3. The third-order valence-electron chi connectivity index (χ3n) is 8.15. The van der Waals surface area contributed by atoms with Crippen LogP contribution in [0, 0.1) is 17.3 Å². The molecule has 4 rings (SSSR count). The van der Waals surface area contributed by atoms with Crippen LogP contribution in [0.1, 0.15) is 68.4 Å². The van der Waals surface area contributed by atoms with Gasteiger partial charge < -0.3 is 15.2 Å². The van der Waals surface area contributed by atoms with Crippen LogP contribution < -0.4 is 15.4 Å². The lowest BCUT2D eigenvalue weighted by atomic mass is 9.40. The second kappa shape index (κ2) is 9.79. The van der Waals surface area contributed by atoms with Gasteiger partial charge in [0.05, 0.1) is 11.6 Å². The minimum atomic E-state index is -0.955. The lowest BCUT2D eigenvalue weighted by molar-refractivity contribution is -0.182. The number of rotatable bonds is 9. The van der Waals surface area contributed by atoms with Gasteiger partial charge in [0.25, 0.3) is 0 Å². The molecule has 0 heterocycles. The smallest absolute Gasteiger partial charge is 0.335 e. The lowest BCUT2D eigenvalue weighted by Crippen LogP contribution is -2.80. The molecule has 0 aromatic heterocycles. The quantitative estimate of drug-likeness (QED) is 0.463. The van der Waals surface area contributed by atoms with Gasteiger partial charge in [0.2, 0.25) is 5.91 Å². The number of nitrogens with one attached hydrogen (secondary N) is 2. The molecule has 2 aromatic rings. The van der Waals surface area contributed by atoms with Gasteiger partial charge in [-0.3, -0.25) is 10.1 Å². The first-order valence-corrected chi connectivity index (χ1v) is 12.3. The number of para-hydroxylation sites is 1. The van der Waals surface area contributed by atoms with Gasteiger partial charge >= 0.3 is 5.97 Å². The summed E-state index contributed by atoms with van der Waals surface area (Å²) in [4.78, 5) is 25.1. The summed E-state index contributed by atoms with van der Waals surface area (Å²) >= 11 is 0. The summed E-state index contributed by atoms with van der Waals surface area (Å²) in [7, 11) is 0. The zero-order chi connectivity index (χ0) is 24.3. The van der Waals surface area contributed by atoms with Gasteiger partial charge in [0.1, 0.15) is 17.9 Å². The van der Waals surface area contributed by atoms with E-state index in [-0.39, 0.29) is 22.9 Å². The molecule has 0 radical (unpaired) electrons. The molecule has 6 heteroatoms. The molecule has 2 aliphatic carbocycles. The number of carbonyl (C=O) groups is 2. The fraction of sp³-hybridized carbons (Fsp3) is 0.500. The molecule has 34 heavy (non-hydrogen) atoms. The molecular formula is C28H36N2O4. The standard InChI is InChI=1S/C28H36N2O4/c1-19(20-13-15-21(16-14-20)25(31)32)30-26(33)28(24-12-8-7-11-23(24)27(28,2)3)29-17-18-34-22-9-5-4-6-10-22/h4-6,9-10,13-16,19,23-24,29H,7-8,11-12,17-18H2,1-3H3,(H,30,33)(H,31,32)/t19-,23?,24?,28?/m0/s1. The molecule has 0 spiro atoms. The van der Waals surface area contributed by atoms with Crippen molar-refractivity contribution in [3.63, 3.8) is 0 Å². The van der Waals surface area contributed by atoms with Gasteiger partial charge in [-0.15, -0.1) is 0 Å². The van der Waals surface area contributed by atoms with Gasteiger partial charge in [-0.25, -0.2) is 4.79 Å². The van der Waals surface area contributed by atoms with Crippen LogP contribution in [0.25, 0.3) is 0 Å². The zero-order valence-corrected chi connectivity index (χ0v) is 20.3. The Balaban J connectivity index is 1.49. The van der Waals surface area contributed by atoms with Crippen LogP contribution in [0.15, 0.2) is 54.6 Å². The van der Waals surface area contributed by atoms with Gasteiger partial charge in [-0.2, -0.15) is 0 Å². The van der Waals surface area contributed by atoms with Crippen LogP contribution in [0.4, 0.5) is 0 Å². The van der Waals surface area contributed by atoms with Crippen LogP contribution in [-0.2, 0) is 4.79 Å². The van der Waals surface area contributed by atoms with Crippen molar-refractivity contribution in [2.45, 2.75) is 58.0 Å². The second-order valence-electron chi connectivity index (χ2n) is 10.2. The fourth-order valence-electron chi connectivity index (χ4n) is 6.33. The average Bonchev–Trinajstić information content (AvgIpc) is 2.84. The summed E-state index contributed by atoms with van der Waals surface area (Å²) in [5.41, 5.74) is 0.289. The molecule has 1 amide bonds. The molecule has 2 aliphatic rings. The number of hydrogen-bond acceptors (Lipinski definition) is 4. The third kappa shape index (κ3) is 4.31. The van der Waals surface area contributed by atoms with E-state index in [0.29, 0.717) is 25.0 Å². The van der Waals surface area contributed by atoms with E-state index in [1.807, 2.05) is 37.3 Å². The Morgan fingerprint density at radius 3 is 2.32 bits per heavy atom. The molecule has 0 saturated heterocycles. The molecule has 2 aromatic carbocycles. The number of benzene rings is 2. The maximum absolute atomic E-state index is 13.9. The Bertz CT molecular complexity index is 1000. The van der Waals surface area contributed by atoms with E-state index in [0.717, 1.165) is 24.2 Å². The monoisotopic (exact) mass is 464 g/mol. The number of ether oxygens (including phenoxy) is 1. The molecule has 3 unspecified atom stereocenters. The summed E-state index contributed by atoms with van der Waals surface area (Å²) < 4.78 is 5.89. The minimum absolute atomic E-state index is 0.0233. The van der Waals surface area contributed by atoms with Crippen LogP contribution in [0.3, 0.4) is 0 Å². The van der Waals surface area contributed by atoms with Gasteiger partial charge in [0, 0.05) is 6.54 Å². The fourth-order valence-corrected chi connectivity index (χ4v) is 6.33. The van der Waals surface area contributed by atoms with E-state index in [2.05, 4.69) is 24.5 Å². The van der Waals surface area contributed by atoms with E-state index >= 15 is 0 Å². The molecule has 6 nitrogen and oxygen atoms in total. The van der Waals surface area contributed by atoms with Gasteiger partial charge in [-0.05, 0) is 66.8 Å². The van der Waals surface area contributed by atoms with Crippen LogP contribution in [0.5, 0.6) is 5.75 Å². The van der Waals surface area contributed by atoms with Crippen LogP contribution in [-0.4, -0.2) is 35.7 Å². The van der Waals surface area contributed by atoms with Crippen LogP contribution >= 0.6 is 0 Å². The van der Waals surface area contributed by atoms with Crippen LogP contribution in [0.2, 0.25) is 0 Å². The summed E-state index contributed by atoms with van der Waals surface area (Å²) in [6, 6.07) is 16.2. The van der Waals surface area contributed by atoms with E-state index in [1.54, 1.807) is 24.3 Å². The molecule has 0 bridgehead atoms. The predicted octanol–water partition coefficient (Wildman–Crippen LogP) is 4.82. The number of carboxylic acid groups (broad SMARTS) is 1. The number of carbonyl (C=O) groups excluding carboxylic acids is 1. The number of carboxylic acids is 1. The van der Waals surface area contributed by atoms with Crippen molar-refractivity contribution in [3.05, 3.63) is 65.7 Å². The summed E-state index contributed by atoms with van der Waals surface area (Å²) in [6.45, 7) is 7.45. The number of amides is 1. The second-order valence-corrected chi connectivity index (χ2v) is 10.2. The predicted molar refractivity (Wildman–Crippen MR) is 132 cm³/mol. The van der Waals surface area contributed by atoms with E-state index < -0.39 is 11.5 Å². The largest absolute Gasteiger partial charge is 0.492 e. The maximum atomic E-state index is 13.9. The molecule has 0 aliphatic heterocycles. The van der Waals surface area contributed by atoms with Crippen molar-refractivity contribution < 1.29 is 19.4 Å². The maximum Gasteiger partial charge on any atom is 0.335 e. The van der Waals surface area contributed by atoms with Gasteiger partial charge in [-0.1, -0.05) is 57.0 Å². The Hall–Kier alpha value is -2.86. The third-order valence-corrected chi connectivity index (χ3v) is 8.15. The van der Waals surface area contributed by atoms with Crippen molar-refractivity contribution in [2.75, 3.05) is 13.2 Å². The minimum Gasteiger partial charge on any atom is -0.492 e. The zero-order valence-electron chi connectivity index (χ0n) is 20.3. The summed E-state index contributed by atoms with van der Waals surface area (Å²) in [6.07, 6.45) is 4.60. The molecule has 4 atom stereocenters. The highest BCUT2D eigenvalue weighted by atomic mass is 16.5. The Morgan fingerprint density at radius 1 is 1.03 bits per heavy atom. The number of hydrogen-bond donors (Lipinski definition) is 3. The molecular weight excluding hydrogens is 428 g/mol. The average molecular weight is 465 g/mol.